The third-order valence-corrected chi connectivity index (χ3v) is 5.26. The topological polar surface area (TPSA) is 61.4 Å². The number of nitrogens with one attached hydrogen (secondary N) is 2. The zero-order valence-electron chi connectivity index (χ0n) is 16.3. The van der Waals surface area contributed by atoms with E-state index in [1.165, 1.54) is 23.1 Å². The Labute approximate surface area is 163 Å². The molecule has 2 amide bonds. The molecule has 1 unspecified atom stereocenters. The largest absolute Gasteiger partial charge is 0.418 e. The van der Waals surface area contributed by atoms with Crippen LogP contribution in [-0.4, -0.2) is 42.9 Å². The predicted molar refractivity (Wildman–Crippen MR) is 102 cm³/mol. The van der Waals surface area contributed by atoms with Gasteiger partial charge in [-0.05, 0) is 56.8 Å². The normalized spacial score (nSPS) is 16.5. The Bertz CT molecular complexity index is 673. The molecule has 8 heteroatoms. The lowest BCUT2D eigenvalue weighted by Crippen LogP contribution is -2.40. The van der Waals surface area contributed by atoms with Crippen molar-refractivity contribution in [2.45, 2.75) is 39.3 Å². The first-order valence-electron chi connectivity index (χ1n) is 9.67. The van der Waals surface area contributed by atoms with E-state index < -0.39 is 17.6 Å². The molecule has 0 aliphatic carbocycles. The van der Waals surface area contributed by atoms with E-state index in [-0.39, 0.29) is 24.1 Å². The first-order chi connectivity index (χ1) is 13.2. The molecule has 0 radical (unpaired) electrons. The molecule has 0 bridgehead atoms. The lowest BCUT2D eigenvalue weighted by atomic mass is 9.84. The van der Waals surface area contributed by atoms with Crippen LogP contribution < -0.4 is 10.6 Å². The third kappa shape index (κ3) is 6.22. The van der Waals surface area contributed by atoms with E-state index in [2.05, 4.69) is 10.6 Å². The third-order valence-electron chi connectivity index (χ3n) is 5.26. The molecule has 1 heterocycles. The minimum absolute atomic E-state index is 0.146. The van der Waals surface area contributed by atoms with Gasteiger partial charge >= 0.3 is 6.18 Å². The van der Waals surface area contributed by atoms with Crippen LogP contribution in [0.25, 0.3) is 0 Å². The average molecular weight is 399 g/mol. The van der Waals surface area contributed by atoms with Crippen molar-refractivity contribution in [3.63, 3.8) is 0 Å². The smallest absolute Gasteiger partial charge is 0.334 e. The fraction of sp³-hybridized carbons (Fsp3) is 0.600. The Morgan fingerprint density at radius 1 is 1.25 bits per heavy atom. The zero-order chi connectivity index (χ0) is 20.7. The molecule has 1 aliphatic heterocycles. The summed E-state index contributed by atoms with van der Waals surface area (Å²) in [6, 6.07) is 4.81. The molecule has 1 aromatic rings. The second-order valence-corrected chi connectivity index (χ2v) is 7.27. The Morgan fingerprint density at radius 2 is 1.89 bits per heavy atom. The Morgan fingerprint density at radius 3 is 2.50 bits per heavy atom. The number of alkyl halides is 3. The standard InChI is InChI=1S/C20H28F3N3O2/c1-3-26(19(28)12-14(2)15-8-10-24-11-9-15)13-18(27)25-17-7-5-4-6-16(17)20(21,22)23/h4-7,14-15,24H,3,8-13H2,1-2H3,(H,25,27). The molecule has 1 atom stereocenters. The average Bonchev–Trinajstić information content (AvgIpc) is 2.66. The van der Waals surface area contributed by atoms with Crippen LogP contribution in [0.1, 0.15) is 38.7 Å². The van der Waals surface area contributed by atoms with E-state index in [1.807, 2.05) is 6.92 Å². The van der Waals surface area contributed by atoms with Crippen molar-refractivity contribution >= 4 is 17.5 Å². The lowest BCUT2D eigenvalue weighted by Gasteiger charge is -2.29. The highest BCUT2D eigenvalue weighted by Gasteiger charge is 2.33. The van der Waals surface area contributed by atoms with E-state index in [0.29, 0.717) is 18.9 Å². The van der Waals surface area contributed by atoms with Gasteiger partial charge < -0.3 is 15.5 Å². The number of para-hydroxylation sites is 1. The highest BCUT2D eigenvalue weighted by atomic mass is 19.4. The molecule has 1 aromatic carbocycles. The summed E-state index contributed by atoms with van der Waals surface area (Å²) in [7, 11) is 0. The fourth-order valence-electron chi connectivity index (χ4n) is 3.56. The highest BCUT2D eigenvalue weighted by Crippen LogP contribution is 2.34. The molecule has 1 fully saturated rings. The molecule has 0 saturated carbocycles. The Balaban J connectivity index is 1.95. The van der Waals surface area contributed by atoms with Crippen molar-refractivity contribution < 1.29 is 22.8 Å². The maximum atomic E-state index is 13.1. The Hall–Kier alpha value is -2.09. The SMILES string of the molecule is CCN(CC(=O)Nc1ccccc1C(F)(F)F)C(=O)CC(C)C1CCNCC1. The second-order valence-electron chi connectivity index (χ2n) is 7.27. The van der Waals surface area contributed by atoms with Crippen LogP contribution in [0.15, 0.2) is 24.3 Å². The quantitative estimate of drug-likeness (QED) is 0.738. The fourth-order valence-corrected chi connectivity index (χ4v) is 3.56. The lowest BCUT2D eigenvalue weighted by molar-refractivity contribution is -0.137. The van der Waals surface area contributed by atoms with Gasteiger partial charge in [0.1, 0.15) is 0 Å². The summed E-state index contributed by atoms with van der Waals surface area (Å²) in [4.78, 5) is 26.3. The van der Waals surface area contributed by atoms with Gasteiger partial charge in [-0.2, -0.15) is 13.2 Å². The maximum Gasteiger partial charge on any atom is 0.418 e. The summed E-state index contributed by atoms with van der Waals surface area (Å²) in [5, 5.41) is 5.59. The van der Waals surface area contributed by atoms with Gasteiger partial charge in [0.25, 0.3) is 0 Å². The molecule has 0 aromatic heterocycles. The number of carbonyl (C=O) groups excluding carboxylic acids is 2. The summed E-state index contributed by atoms with van der Waals surface area (Å²) in [6.45, 7) is 5.75. The summed E-state index contributed by atoms with van der Waals surface area (Å²) >= 11 is 0. The number of amides is 2. The van der Waals surface area contributed by atoms with Crippen LogP contribution in [0.2, 0.25) is 0 Å². The number of halogens is 3. The number of benzene rings is 1. The first-order valence-corrected chi connectivity index (χ1v) is 9.67. The van der Waals surface area contributed by atoms with Crippen molar-refractivity contribution in [1.82, 2.24) is 10.2 Å². The molecule has 1 aliphatic rings. The number of piperidine rings is 1. The number of carbonyl (C=O) groups is 2. The van der Waals surface area contributed by atoms with E-state index in [0.717, 1.165) is 32.0 Å². The van der Waals surface area contributed by atoms with Crippen molar-refractivity contribution in [3.05, 3.63) is 29.8 Å². The Kier molecular flexibility index (Phi) is 7.86. The zero-order valence-corrected chi connectivity index (χ0v) is 16.3. The number of hydrogen-bond acceptors (Lipinski definition) is 3. The summed E-state index contributed by atoms with van der Waals surface area (Å²) in [5.41, 5.74) is -1.20. The highest BCUT2D eigenvalue weighted by molar-refractivity contribution is 5.95. The van der Waals surface area contributed by atoms with E-state index in [4.69, 9.17) is 0 Å². The molecular formula is C20H28F3N3O2. The van der Waals surface area contributed by atoms with Crippen LogP contribution >= 0.6 is 0 Å². The van der Waals surface area contributed by atoms with E-state index in [9.17, 15) is 22.8 Å². The van der Waals surface area contributed by atoms with Crippen molar-refractivity contribution in [2.75, 3.05) is 31.5 Å². The summed E-state index contributed by atoms with van der Waals surface area (Å²) < 4.78 is 39.2. The number of likely N-dealkylation sites (N-methyl/N-ethyl adjacent to an activating group) is 1. The number of rotatable bonds is 7. The first kappa shape index (κ1) is 22.2. The van der Waals surface area contributed by atoms with E-state index in [1.54, 1.807) is 6.92 Å². The minimum Gasteiger partial charge on any atom is -0.334 e. The summed E-state index contributed by atoms with van der Waals surface area (Å²) in [6.07, 6.45) is -2.18. The molecule has 1 saturated heterocycles. The van der Waals surface area contributed by atoms with Gasteiger partial charge in [0.2, 0.25) is 11.8 Å². The van der Waals surface area contributed by atoms with Gasteiger partial charge in [-0.1, -0.05) is 19.1 Å². The molecular weight excluding hydrogens is 371 g/mol. The van der Waals surface area contributed by atoms with Crippen LogP contribution in [-0.2, 0) is 15.8 Å². The van der Waals surface area contributed by atoms with Gasteiger partial charge in [-0.25, -0.2) is 0 Å². The van der Waals surface area contributed by atoms with Gasteiger partial charge in [0, 0.05) is 13.0 Å². The molecule has 156 valence electrons. The van der Waals surface area contributed by atoms with Crippen LogP contribution in [0.5, 0.6) is 0 Å². The maximum absolute atomic E-state index is 13.1. The second kappa shape index (κ2) is 9.91. The molecule has 2 N–H and O–H groups in total. The minimum atomic E-state index is -4.56. The van der Waals surface area contributed by atoms with E-state index >= 15 is 0 Å². The van der Waals surface area contributed by atoms with Crippen molar-refractivity contribution in [3.8, 4) is 0 Å². The number of nitrogens with zero attached hydrogens (tertiary/aromatic N) is 1. The van der Waals surface area contributed by atoms with Crippen molar-refractivity contribution in [1.29, 1.82) is 0 Å². The van der Waals surface area contributed by atoms with Crippen LogP contribution in [0, 0.1) is 11.8 Å². The number of anilines is 1. The molecule has 28 heavy (non-hydrogen) atoms. The van der Waals surface area contributed by atoms with Gasteiger partial charge in [0.05, 0.1) is 17.8 Å². The van der Waals surface area contributed by atoms with Gasteiger partial charge in [-0.15, -0.1) is 0 Å². The number of hydrogen-bond donors (Lipinski definition) is 2. The van der Waals surface area contributed by atoms with Gasteiger partial charge in [-0.3, -0.25) is 9.59 Å². The van der Waals surface area contributed by atoms with Gasteiger partial charge in [0.15, 0.2) is 0 Å². The monoisotopic (exact) mass is 399 g/mol. The molecule has 2 rings (SSSR count). The van der Waals surface area contributed by atoms with Crippen molar-refractivity contribution in [2.24, 2.45) is 11.8 Å². The predicted octanol–water partition coefficient (Wildman–Crippen LogP) is 3.52. The molecule has 5 nitrogen and oxygen atoms in total. The van der Waals surface area contributed by atoms with Crippen LogP contribution in [0.4, 0.5) is 18.9 Å². The summed E-state index contributed by atoms with van der Waals surface area (Å²) in [5.74, 6) is -0.108. The molecule has 0 spiro atoms. The van der Waals surface area contributed by atoms with Crippen LogP contribution in [0.3, 0.4) is 0 Å².